The van der Waals surface area contributed by atoms with Crippen LogP contribution in [-0.2, 0) is 14.3 Å². The van der Waals surface area contributed by atoms with Crippen LogP contribution in [-0.4, -0.2) is 37.2 Å². The van der Waals surface area contributed by atoms with Crippen LogP contribution in [0.15, 0.2) is 24.3 Å². The van der Waals surface area contributed by atoms with Gasteiger partial charge in [0, 0.05) is 6.04 Å². The minimum atomic E-state index is -0.842. The fourth-order valence-electron chi connectivity index (χ4n) is 3.31. The van der Waals surface area contributed by atoms with E-state index in [0.717, 1.165) is 18.6 Å². The van der Waals surface area contributed by atoms with Gasteiger partial charge in [-0.15, -0.1) is 0 Å². The van der Waals surface area contributed by atoms with Crippen LogP contribution < -0.4 is 14.8 Å². The van der Waals surface area contributed by atoms with Gasteiger partial charge < -0.3 is 19.5 Å². The van der Waals surface area contributed by atoms with Crippen molar-refractivity contribution in [1.29, 1.82) is 0 Å². The van der Waals surface area contributed by atoms with Crippen molar-refractivity contribution in [2.75, 3.05) is 13.2 Å². The number of hydrogen-bond donors (Lipinski definition) is 1. The SMILES string of the molecule is CCOc1ccc(OCC(=O)O[C@@H](C)C(=O)N[C@H]2CCC[C@H](C)[C@@H]2C)cc1. The number of benzene rings is 1. The Hall–Kier alpha value is -2.24. The van der Waals surface area contributed by atoms with Gasteiger partial charge in [0.05, 0.1) is 6.61 Å². The summed E-state index contributed by atoms with van der Waals surface area (Å²) in [5.41, 5.74) is 0. The van der Waals surface area contributed by atoms with E-state index in [2.05, 4.69) is 19.2 Å². The van der Waals surface area contributed by atoms with E-state index in [-0.39, 0.29) is 18.6 Å². The van der Waals surface area contributed by atoms with Crippen LogP contribution in [0, 0.1) is 11.8 Å². The Morgan fingerprint density at radius 1 is 1.11 bits per heavy atom. The first-order valence-corrected chi connectivity index (χ1v) is 9.76. The van der Waals surface area contributed by atoms with E-state index in [9.17, 15) is 9.59 Å². The molecule has 6 heteroatoms. The van der Waals surface area contributed by atoms with E-state index in [1.165, 1.54) is 6.42 Å². The number of carbonyl (C=O) groups excluding carboxylic acids is 2. The molecule has 1 N–H and O–H groups in total. The predicted molar refractivity (Wildman–Crippen MR) is 103 cm³/mol. The van der Waals surface area contributed by atoms with E-state index in [0.29, 0.717) is 24.2 Å². The molecule has 0 spiro atoms. The van der Waals surface area contributed by atoms with Crippen molar-refractivity contribution in [3.05, 3.63) is 24.3 Å². The van der Waals surface area contributed by atoms with Crippen LogP contribution >= 0.6 is 0 Å². The van der Waals surface area contributed by atoms with Gasteiger partial charge in [-0.1, -0.05) is 26.7 Å². The zero-order valence-electron chi connectivity index (χ0n) is 16.7. The highest BCUT2D eigenvalue weighted by Crippen LogP contribution is 2.29. The highest BCUT2D eigenvalue weighted by atomic mass is 16.6. The van der Waals surface area contributed by atoms with Crippen molar-refractivity contribution >= 4 is 11.9 Å². The van der Waals surface area contributed by atoms with Gasteiger partial charge in [0.15, 0.2) is 12.7 Å². The predicted octanol–water partition coefficient (Wildman–Crippen LogP) is 3.34. The van der Waals surface area contributed by atoms with E-state index < -0.39 is 12.1 Å². The molecule has 1 fully saturated rings. The highest BCUT2D eigenvalue weighted by molar-refractivity contribution is 5.83. The van der Waals surface area contributed by atoms with Crippen LogP contribution in [0.25, 0.3) is 0 Å². The average Bonchev–Trinajstić information content (AvgIpc) is 2.65. The average molecular weight is 377 g/mol. The molecule has 2 rings (SSSR count). The zero-order chi connectivity index (χ0) is 19.8. The maximum atomic E-state index is 12.3. The molecule has 0 aromatic heterocycles. The third-order valence-corrected chi connectivity index (χ3v) is 5.20. The van der Waals surface area contributed by atoms with Gasteiger partial charge in [-0.05, 0) is 56.4 Å². The summed E-state index contributed by atoms with van der Waals surface area (Å²) < 4.78 is 16.0. The van der Waals surface area contributed by atoms with Crippen molar-refractivity contribution in [2.45, 2.75) is 59.1 Å². The molecule has 1 amide bonds. The van der Waals surface area contributed by atoms with Gasteiger partial charge in [0.1, 0.15) is 11.5 Å². The van der Waals surface area contributed by atoms with E-state index in [1.807, 2.05) is 6.92 Å². The number of hydrogen-bond acceptors (Lipinski definition) is 5. The fourth-order valence-corrected chi connectivity index (χ4v) is 3.31. The molecule has 0 radical (unpaired) electrons. The summed E-state index contributed by atoms with van der Waals surface area (Å²) in [7, 11) is 0. The Labute approximate surface area is 161 Å². The topological polar surface area (TPSA) is 73.9 Å². The lowest BCUT2D eigenvalue weighted by atomic mass is 9.78. The number of esters is 1. The third kappa shape index (κ3) is 6.45. The van der Waals surface area contributed by atoms with Crippen LogP contribution in [0.5, 0.6) is 11.5 Å². The van der Waals surface area contributed by atoms with Crippen molar-refractivity contribution < 1.29 is 23.8 Å². The normalized spacial score (nSPS) is 23.2. The Kier molecular flexibility index (Phi) is 7.95. The molecule has 27 heavy (non-hydrogen) atoms. The largest absolute Gasteiger partial charge is 0.494 e. The molecule has 0 aliphatic heterocycles. The van der Waals surface area contributed by atoms with Gasteiger partial charge in [0.2, 0.25) is 0 Å². The number of nitrogens with one attached hydrogen (secondary N) is 1. The van der Waals surface area contributed by atoms with Crippen LogP contribution in [0.1, 0.15) is 47.0 Å². The molecule has 4 atom stereocenters. The summed E-state index contributed by atoms with van der Waals surface area (Å²) in [6.45, 7) is 8.21. The summed E-state index contributed by atoms with van der Waals surface area (Å²) in [5.74, 6) is 1.46. The zero-order valence-corrected chi connectivity index (χ0v) is 16.7. The monoisotopic (exact) mass is 377 g/mol. The lowest BCUT2D eigenvalue weighted by Gasteiger charge is -2.35. The number of ether oxygens (including phenoxy) is 3. The molecule has 1 saturated carbocycles. The molecule has 6 nitrogen and oxygen atoms in total. The molecule has 150 valence electrons. The maximum Gasteiger partial charge on any atom is 0.344 e. The maximum absolute atomic E-state index is 12.3. The van der Waals surface area contributed by atoms with Crippen molar-refractivity contribution in [2.24, 2.45) is 11.8 Å². The van der Waals surface area contributed by atoms with Crippen LogP contribution in [0.3, 0.4) is 0 Å². The van der Waals surface area contributed by atoms with Gasteiger partial charge >= 0.3 is 5.97 Å². The van der Waals surface area contributed by atoms with Gasteiger partial charge in [-0.2, -0.15) is 0 Å². The lowest BCUT2D eigenvalue weighted by molar-refractivity contribution is -0.157. The number of carbonyl (C=O) groups is 2. The molecule has 1 aliphatic carbocycles. The quantitative estimate of drug-likeness (QED) is 0.704. The van der Waals surface area contributed by atoms with Crippen LogP contribution in [0.2, 0.25) is 0 Å². The van der Waals surface area contributed by atoms with Gasteiger partial charge in [0.25, 0.3) is 5.91 Å². The minimum Gasteiger partial charge on any atom is -0.494 e. The molecule has 1 aromatic rings. The third-order valence-electron chi connectivity index (χ3n) is 5.20. The second kappa shape index (κ2) is 10.2. The summed E-state index contributed by atoms with van der Waals surface area (Å²) in [6.07, 6.45) is 2.44. The molecule has 1 aromatic carbocycles. The van der Waals surface area contributed by atoms with Crippen molar-refractivity contribution in [3.8, 4) is 11.5 Å². The molecular weight excluding hydrogens is 346 g/mol. The molecule has 0 heterocycles. The highest BCUT2D eigenvalue weighted by Gasteiger charge is 2.30. The van der Waals surface area contributed by atoms with Gasteiger partial charge in [-0.25, -0.2) is 4.79 Å². The fraction of sp³-hybridized carbons (Fsp3) is 0.619. The Morgan fingerprint density at radius 3 is 2.37 bits per heavy atom. The summed E-state index contributed by atoms with van der Waals surface area (Å²) in [6, 6.07) is 7.13. The first-order valence-electron chi connectivity index (χ1n) is 9.76. The standard InChI is InChI=1S/C21H31NO5/c1-5-25-17-9-11-18(12-10-17)26-13-20(23)27-16(4)21(24)22-19-8-6-7-14(2)15(19)3/h9-12,14-16,19H,5-8,13H2,1-4H3,(H,22,24)/t14-,15-,16-,19-/m0/s1. The Morgan fingerprint density at radius 2 is 1.74 bits per heavy atom. The molecular formula is C21H31NO5. The second-order valence-corrected chi connectivity index (χ2v) is 7.21. The Balaban J connectivity index is 1.74. The lowest BCUT2D eigenvalue weighted by Crippen LogP contribution is -2.47. The summed E-state index contributed by atoms with van der Waals surface area (Å²) in [4.78, 5) is 24.3. The van der Waals surface area contributed by atoms with E-state index in [1.54, 1.807) is 31.2 Å². The Bertz CT molecular complexity index is 616. The number of rotatable bonds is 8. The van der Waals surface area contributed by atoms with Crippen molar-refractivity contribution in [3.63, 3.8) is 0 Å². The minimum absolute atomic E-state index is 0.141. The number of amides is 1. The summed E-state index contributed by atoms with van der Waals surface area (Å²) in [5, 5.41) is 3.03. The first-order chi connectivity index (χ1) is 12.9. The van der Waals surface area contributed by atoms with Crippen LogP contribution in [0.4, 0.5) is 0 Å². The smallest absolute Gasteiger partial charge is 0.344 e. The van der Waals surface area contributed by atoms with Crippen molar-refractivity contribution in [1.82, 2.24) is 5.32 Å². The van der Waals surface area contributed by atoms with Gasteiger partial charge in [-0.3, -0.25) is 4.79 Å². The second-order valence-electron chi connectivity index (χ2n) is 7.21. The molecule has 0 saturated heterocycles. The van der Waals surface area contributed by atoms with E-state index in [4.69, 9.17) is 14.2 Å². The molecule has 1 aliphatic rings. The molecule has 0 unspecified atom stereocenters. The summed E-state index contributed by atoms with van der Waals surface area (Å²) >= 11 is 0. The molecule has 0 bridgehead atoms. The first kappa shape index (κ1) is 21.1. The van der Waals surface area contributed by atoms with E-state index >= 15 is 0 Å².